The van der Waals surface area contributed by atoms with E-state index in [4.69, 9.17) is 14.2 Å². The van der Waals surface area contributed by atoms with Gasteiger partial charge in [0.25, 0.3) is 0 Å². The number of aldehydes is 1. The minimum Gasteiger partial charge on any atom is -0.493 e. The van der Waals surface area contributed by atoms with Crippen LogP contribution in [0.3, 0.4) is 0 Å². The largest absolute Gasteiger partial charge is 0.493 e. The first kappa shape index (κ1) is 11.8. The Morgan fingerprint density at radius 3 is 2.06 bits per heavy atom. The fourth-order valence-electron chi connectivity index (χ4n) is 2.06. The molecule has 0 N–H and O–H groups in total. The molecule has 1 saturated carbocycles. The molecule has 92 valence electrons. The van der Waals surface area contributed by atoms with E-state index in [0.717, 1.165) is 18.3 Å². The molecule has 1 aliphatic rings. The predicted octanol–water partition coefficient (Wildman–Crippen LogP) is 2.01. The van der Waals surface area contributed by atoms with Crippen molar-refractivity contribution in [2.45, 2.75) is 12.3 Å². The molecule has 0 amide bonds. The van der Waals surface area contributed by atoms with Gasteiger partial charge in [-0.25, -0.2) is 0 Å². The lowest BCUT2D eigenvalue weighted by Crippen LogP contribution is -1.97. The molecule has 1 aromatic rings. The van der Waals surface area contributed by atoms with Crippen LogP contribution in [-0.4, -0.2) is 27.6 Å². The van der Waals surface area contributed by atoms with Crippen LogP contribution in [0.4, 0.5) is 0 Å². The molecule has 17 heavy (non-hydrogen) atoms. The maximum absolute atomic E-state index is 10.7. The van der Waals surface area contributed by atoms with Crippen LogP contribution in [0.2, 0.25) is 0 Å². The highest BCUT2D eigenvalue weighted by Gasteiger charge is 2.39. The van der Waals surface area contributed by atoms with Crippen LogP contribution in [0.25, 0.3) is 0 Å². The van der Waals surface area contributed by atoms with Gasteiger partial charge in [-0.05, 0) is 30.0 Å². The Balaban J connectivity index is 2.38. The van der Waals surface area contributed by atoms with Gasteiger partial charge in [-0.2, -0.15) is 0 Å². The molecule has 2 unspecified atom stereocenters. The van der Waals surface area contributed by atoms with Crippen LogP contribution in [0.15, 0.2) is 12.1 Å². The van der Waals surface area contributed by atoms with Gasteiger partial charge in [-0.3, -0.25) is 0 Å². The van der Waals surface area contributed by atoms with Gasteiger partial charge in [0.15, 0.2) is 11.5 Å². The van der Waals surface area contributed by atoms with Crippen LogP contribution in [0, 0.1) is 5.92 Å². The number of rotatable bonds is 5. The van der Waals surface area contributed by atoms with Crippen molar-refractivity contribution in [3.8, 4) is 17.2 Å². The molecule has 0 spiro atoms. The summed E-state index contributed by atoms with van der Waals surface area (Å²) in [6, 6.07) is 3.82. The monoisotopic (exact) mass is 236 g/mol. The molecule has 4 nitrogen and oxygen atoms in total. The number of hydrogen-bond donors (Lipinski definition) is 0. The van der Waals surface area contributed by atoms with Gasteiger partial charge in [0.2, 0.25) is 5.75 Å². The van der Waals surface area contributed by atoms with Gasteiger partial charge in [-0.1, -0.05) is 0 Å². The molecule has 0 aliphatic heterocycles. The zero-order valence-electron chi connectivity index (χ0n) is 10.2. The van der Waals surface area contributed by atoms with E-state index in [1.165, 1.54) is 0 Å². The molecule has 4 heteroatoms. The second-order valence-electron chi connectivity index (χ2n) is 4.10. The van der Waals surface area contributed by atoms with Crippen molar-refractivity contribution in [3.63, 3.8) is 0 Å². The maximum atomic E-state index is 10.7. The zero-order valence-corrected chi connectivity index (χ0v) is 10.2. The molecule has 1 aliphatic carbocycles. The molecular weight excluding hydrogens is 220 g/mol. The van der Waals surface area contributed by atoms with Crippen LogP contribution in [0.5, 0.6) is 17.2 Å². The Kier molecular flexibility index (Phi) is 3.22. The second-order valence-corrected chi connectivity index (χ2v) is 4.10. The predicted molar refractivity (Wildman–Crippen MR) is 63.0 cm³/mol. The topological polar surface area (TPSA) is 44.8 Å². The van der Waals surface area contributed by atoms with E-state index in [-0.39, 0.29) is 5.92 Å². The lowest BCUT2D eigenvalue weighted by Gasteiger charge is -2.13. The van der Waals surface area contributed by atoms with Crippen LogP contribution >= 0.6 is 0 Å². The van der Waals surface area contributed by atoms with Gasteiger partial charge in [-0.15, -0.1) is 0 Å². The van der Waals surface area contributed by atoms with Gasteiger partial charge in [0.05, 0.1) is 21.3 Å². The van der Waals surface area contributed by atoms with Gasteiger partial charge in [0.1, 0.15) is 6.29 Å². The third-order valence-corrected chi connectivity index (χ3v) is 3.13. The summed E-state index contributed by atoms with van der Waals surface area (Å²) < 4.78 is 15.8. The molecule has 2 atom stereocenters. The summed E-state index contributed by atoms with van der Waals surface area (Å²) in [5.74, 6) is 2.29. The number of benzene rings is 1. The second kappa shape index (κ2) is 4.65. The van der Waals surface area contributed by atoms with Crippen molar-refractivity contribution < 1.29 is 19.0 Å². The Labute approximate surface area is 100 Å². The van der Waals surface area contributed by atoms with E-state index >= 15 is 0 Å². The Bertz CT molecular complexity index is 402. The minimum absolute atomic E-state index is 0.137. The highest BCUT2D eigenvalue weighted by atomic mass is 16.5. The van der Waals surface area contributed by atoms with Gasteiger partial charge >= 0.3 is 0 Å². The molecule has 0 radical (unpaired) electrons. The number of methoxy groups -OCH3 is 3. The molecule has 0 aromatic heterocycles. The fraction of sp³-hybridized carbons (Fsp3) is 0.462. The lowest BCUT2D eigenvalue weighted by atomic mass is 10.1. The van der Waals surface area contributed by atoms with E-state index in [9.17, 15) is 4.79 Å². The van der Waals surface area contributed by atoms with Crippen molar-refractivity contribution in [1.29, 1.82) is 0 Å². The van der Waals surface area contributed by atoms with E-state index in [0.29, 0.717) is 23.2 Å². The Morgan fingerprint density at radius 2 is 1.71 bits per heavy atom. The summed E-state index contributed by atoms with van der Waals surface area (Å²) in [7, 11) is 4.75. The first-order valence-electron chi connectivity index (χ1n) is 5.50. The van der Waals surface area contributed by atoms with Crippen LogP contribution in [-0.2, 0) is 4.79 Å². The molecule has 2 rings (SSSR count). The van der Waals surface area contributed by atoms with E-state index in [1.807, 2.05) is 12.1 Å². The average molecular weight is 236 g/mol. The zero-order chi connectivity index (χ0) is 12.4. The molecular formula is C13H16O4. The fourth-order valence-corrected chi connectivity index (χ4v) is 2.06. The average Bonchev–Trinajstić information content (AvgIpc) is 3.16. The summed E-state index contributed by atoms with van der Waals surface area (Å²) in [5.41, 5.74) is 1.07. The van der Waals surface area contributed by atoms with E-state index in [1.54, 1.807) is 21.3 Å². The summed E-state index contributed by atoms with van der Waals surface area (Å²) >= 11 is 0. The van der Waals surface area contributed by atoms with Gasteiger partial charge in [0, 0.05) is 5.92 Å². The molecule has 0 saturated heterocycles. The molecule has 1 fully saturated rings. The summed E-state index contributed by atoms with van der Waals surface area (Å²) in [5, 5.41) is 0. The summed E-state index contributed by atoms with van der Waals surface area (Å²) in [6.45, 7) is 0. The third kappa shape index (κ3) is 2.07. The van der Waals surface area contributed by atoms with Crippen molar-refractivity contribution in [2.24, 2.45) is 5.92 Å². The summed E-state index contributed by atoms with van der Waals surface area (Å²) in [4.78, 5) is 10.7. The molecule has 1 aromatic carbocycles. The van der Waals surface area contributed by atoms with E-state index < -0.39 is 0 Å². The molecule has 0 bridgehead atoms. The Hall–Kier alpha value is -1.71. The van der Waals surface area contributed by atoms with Gasteiger partial charge < -0.3 is 19.0 Å². The maximum Gasteiger partial charge on any atom is 0.203 e. The summed E-state index contributed by atoms with van der Waals surface area (Å²) in [6.07, 6.45) is 1.91. The Morgan fingerprint density at radius 1 is 1.12 bits per heavy atom. The normalized spacial score (nSPS) is 21.8. The number of carbonyl (C=O) groups is 1. The number of ether oxygens (including phenoxy) is 3. The van der Waals surface area contributed by atoms with Crippen molar-refractivity contribution in [1.82, 2.24) is 0 Å². The number of hydrogen-bond acceptors (Lipinski definition) is 4. The highest BCUT2D eigenvalue weighted by Crippen LogP contribution is 2.50. The minimum atomic E-state index is 0.137. The SMILES string of the molecule is COc1cc(C2CC2C=O)cc(OC)c1OC. The first-order valence-corrected chi connectivity index (χ1v) is 5.50. The third-order valence-electron chi connectivity index (χ3n) is 3.13. The lowest BCUT2D eigenvalue weighted by molar-refractivity contribution is -0.108. The van der Waals surface area contributed by atoms with Crippen molar-refractivity contribution in [3.05, 3.63) is 17.7 Å². The number of carbonyl (C=O) groups excluding carboxylic acids is 1. The van der Waals surface area contributed by atoms with Crippen molar-refractivity contribution >= 4 is 6.29 Å². The van der Waals surface area contributed by atoms with E-state index in [2.05, 4.69) is 0 Å². The highest BCUT2D eigenvalue weighted by molar-refractivity contribution is 5.63. The smallest absolute Gasteiger partial charge is 0.203 e. The standard InChI is InChI=1S/C13H16O4/c1-15-11-5-8(10-4-9(10)7-14)6-12(16-2)13(11)17-3/h5-7,9-10H,4H2,1-3H3. The van der Waals surface area contributed by atoms with Crippen molar-refractivity contribution in [2.75, 3.05) is 21.3 Å². The molecule has 0 heterocycles. The van der Waals surface area contributed by atoms with Crippen LogP contribution < -0.4 is 14.2 Å². The quantitative estimate of drug-likeness (QED) is 0.734. The van der Waals surface area contributed by atoms with Crippen LogP contribution in [0.1, 0.15) is 17.9 Å². The first-order chi connectivity index (χ1) is 8.24.